The summed E-state index contributed by atoms with van der Waals surface area (Å²) in [6.45, 7) is 4.64. The standard InChI is InChI=1S/C28H29ClFNO.CH2O/c1-19-9-8-14-24(30)26(19)27-22-17-28(20-10-4-2-5-11-20,32-25(22)16-15-23(27)29)18-31-21-12-6-3-7-13-21;1-2/h2,4-5,8-11,14-16,21,31H,3,6-7,12-13,17-18H2,1H3;1H2/t28-;/m1./s1. The molecule has 1 heterocycles. The highest BCUT2D eigenvalue weighted by Crippen LogP contribution is 2.48. The van der Waals surface area contributed by atoms with Crippen LogP contribution in [0, 0.1) is 12.7 Å². The number of carbonyl (C=O) groups excluding carboxylic acids is 1. The van der Waals surface area contributed by atoms with E-state index < -0.39 is 5.60 Å². The second-order valence-electron chi connectivity index (χ2n) is 9.19. The van der Waals surface area contributed by atoms with Crippen LogP contribution in [0.1, 0.15) is 48.8 Å². The number of ether oxygens (including phenoxy) is 1. The van der Waals surface area contributed by atoms with Crippen molar-refractivity contribution in [2.24, 2.45) is 0 Å². The Morgan fingerprint density at radius 2 is 1.74 bits per heavy atom. The Morgan fingerprint density at radius 3 is 2.44 bits per heavy atom. The van der Waals surface area contributed by atoms with Crippen LogP contribution in [0.25, 0.3) is 11.1 Å². The highest BCUT2D eigenvalue weighted by molar-refractivity contribution is 6.33. The summed E-state index contributed by atoms with van der Waals surface area (Å²) in [7, 11) is 0. The van der Waals surface area contributed by atoms with E-state index in [0.717, 1.165) is 28.0 Å². The van der Waals surface area contributed by atoms with Gasteiger partial charge in [-0.25, -0.2) is 4.39 Å². The molecule has 5 heteroatoms. The molecule has 0 saturated heterocycles. The lowest BCUT2D eigenvalue weighted by Crippen LogP contribution is -2.46. The minimum Gasteiger partial charge on any atom is -0.481 e. The SMILES string of the molecule is C=O.Cc1cccc(F)c1-c1c(Cl)ccc2c1C[C@@](CNC1CCCCC1)(c1ccccc1)O2. The molecule has 1 fully saturated rings. The van der Waals surface area contributed by atoms with Crippen LogP contribution >= 0.6 is 11.6 Å². The van der Waals surface area contributed by atoms with Crippen LogP contribution in [0.15, 0.2) is 60.7 Å². The molecule has 0 unspecified atom stereocenters. The number of nitrogens with one attached hydrogen (secondary N) is 1. The van der Waals surface area contributed by atoms with Gasteiger partial charge in [0.05, 0.1) is 0 Å². The number of halogens is 2. The Kier molecular flexibility index (Phi) is 7.70. The molecule has 0 aromatic heterocycles. The molecule has 3 aromatic rings. The van der Waals surface area contributed by atoms with Gasteiger partial charge < -0.3 is 14.8 Å². The molecule has 0 amide bonds. The number of benzene rings is 3. The molecule has 2 aliphatic rings. The highest BCUT2D eigenvalue weighted by Gasteiger charge is 2.43. The minimum absolute atomic E-state index is 0.252. The molecular weight excluding hydrogens is 449 g/mol. The Hall–Kier alpha value is -2.69. The Morgan fingerprint density at radius 1 is 1.00 bits per heavy atom. The molecule has 0 bridgehead atoms. The van der Waals surface area contributed by atoms with Crippen molar-refractivity contribution >= 4 is 18.4 Å². The average Bonchev–Trinajstić information content (AvgIpc) is 3.26. The summed E-state index contributed by atoms with van der Waals surface area (Å²) in [5.74, 6) is 0.541. The van der Waals surface area contributed by atoms with Gasteiger partial charge in [-0.2, -0.15) is 0 Å². The van der Waals surface area contributed by atoms with Crippen LogP contribution in [0.3, 0.4) is 0 Å². The number of aryl methyl sites for hydroxylation is 1. The molecule has 5 rings (SSSR count). The first-order valence-electron chi connectivity index (χ1n) is 11.9. The first kappa shape index (κ1) is 24.4. The summed E-state index contributed by atoms with van der Waals surface area (Å²) >= 11 is 6.69. The van der Waals surface area contributed by atoms with E-state index in [2.05, 4.69) is 29.6 Å². The van der Waals surface area contributed by atoms with Crippen molar-refractivity contribution in [3.8, 4) is 16.9 Å². The monoisotopic (exact) mass is 479 g/mol. The van der Waals surface area contributed by atoms with E-state index in [1.807, 2.05) is 38.0 Å². The normalized spacial score (nSPS) is 19.6. The first-order valence-corrected chi connectivity index (χ1v) is 12.3. The van der Waals surface area contributed by atoms with Crippen molar-refractivity contribution in [3.63, 3.8) is 0 Å². The summed E-state index contributed by atoms with van der Waals surface area (Å²) < 4.78 is 21.7. The lowest BCUT2D eigenvalue weighted by atomic mass is 9.85. The zero-order valence-electron chi connectivity index (χ0n) is 19.6. The lowest BCUT2D eigenvalue weighted by Gasteiger charge is -2.33. The smallest absolute Gasteiger partial charge is 0.150 e. The molecule has 1 aliphatic carbocycles. The molecule has 3 nitrogen and oxygen atoms in total. The number of fused-ring (bicyclic) bond motifs is 1. The van der Waals surface area contributed by atoms with Gasteiger partial charge in [0.15, 0.2) is 5.60 Å². The first-order chi connectivity index (χ1) is 16.6. The number of hydrogen-bond donors (Lipinski definition) is 1. The van der Waals surface area contributed by atoms with E-state index >= 15 is 0 Å². The van der Waals surface area contributed by atoms with Crippen LogP contribution in [-0.2, 0) is 16.8 Å². The van der Waals surface area contributed by atoms with Gasteiger partial charge in [0, 0.05) is 40.7 Å². The minimum atomic E-state index is -0.542. The molecular formula is C29H31ClFNO2. The van der Waals surface area contributed by atoms with Crippen LogP contribution < -0.4 is 10.1 Å². The topological polar surface area (TPSA) is 38.3 Å². The maximum atomic E-state index is 15.0. The number of rotatable bonds is 5. The van der Waals surface area contributed by atoms with Gasteiger partial charge in [0.2, 0.25) is 0 Å². The molecule has 0 spiro atoms. The predicted molar refractivity (Wildman–Crippen MR) is 136 cm³/mol. The van der Waals surface area contributed by atoms with Crippen LogP contribution in [-0.4, -0.2) is 19.4 Å². The lowest BCUT2D eigenvalue weighted by molar-refractivity contribution is -0.0979. The average molecular weight is 480 g/mol. The second kappa shape index (κ2) is 10.7. The van der Waals surface area contributed by atoms with E-state index in [-0.39, 0.29) is 5.82 Å². The fraction of sp³-hybridized carbons (Fsp3) is 0.345. The third kappa shape index (κ3) is 4.75. The summed E-state index contributed by atoms with van der Waals surface area (Å²) in [5.41, 5.74) is 3.78. The molecule has 1 N–H and O–H groups in total. The van der Waals surface area contributed by atoms with E-state index in [1.165, 1.54) is 38.2 Å². The Labute approximate surface area is 206 Å². The van der Waals surface area contributed by atoms with Crippen molar-refractivity contribution in [1.29, 1.82) is 0 Å². The summed E-state index contributed by atoms with van der Waals surface area (Å²) in [6.07, 6.45) is 6.96. The van der Waals surface area contributed by atoms with Crippen molar-refractivity contribution in [2.75, 3.05) is 6.54 Å². The van der Waals surface area contributed by atoms with E-state index in [1.54, 1.807) is 6.07 Å². The van der Waals surface area contributed by atoms with Gasteiger partial charge in [0.1, 0.15) is 18.4 Å². The quantitative estimate of drug-likeness (QED) is 0.427. The molecule has 1 aliphatic heterocycles. The van der Waals surface area contributed by atoms with Crippen LogP contribution in [0.5, 0.6) is 5.75 Å². The summed E-state index contributed by atoms with van der Waals surface area (Å²) in [4.78, 5) is 8.00. The van der Waals surface area contributed by atoms with Crippen LogP contribution in [0.4, 0.5) is 4.39 Å². The van der Waals surface area contributed by atoms with Gasteiger partial charge in [-0.1, -0.05) is 73.3 Å². The molecule has 1 atom stereocenters. The Balaban J connectivity index is 0.00000133. The predicted octanol–water partition coefficient (Wildman–Crippen LogP) is 7.02. The zero-order valence-corrected chi connectivity index (χ0v) is 20.3. The highest BCUT2D eigenvalue weighted by atomic mass is 35.5. The van der Waals surface area contributed by atoms with Crippen molar-refractivity contribution in [2.45, 2.75) is 57.1 Å². The molecule has 3 aromatic carbocycles. The third-order valence-electron chi connectivity index (χ3n) is 7.04. The van der Waals surface area contributed by atoms with E-state index in [0.29, 0.717) is 29.6 Å². The summed E-state index contributed by atoms with van der Waals surface area (Å²) in [5, 5.41) is 4.36. The maximum Gasteiger partial charge on any atom is 0.150 e. The fourth-order valence-corrected chi connectivity index (χ4v) is 5.61. The van der Waals surface area contributed by atoms with Gasteiger partial charge in [-0.15, -0.1) is 0 Å². The number of carbonyl (C=O) groups is 1. The Bertz CT molecular complexity index is 1110. The molecule has 0 radical (unpaired) electrons. The summed E-state index contributed by atoms with van der Waals surface area (Å²) in [6, 6.07) is 19.9. The van der Waals surface area contributed by atoms with Gasteiger partial charge in [-0.05, 0) is 49.1 Å². The van der Waals surface area contributed by atoms with E-state index in [9.17, 15) is 4.39 Å². The number of hydrogen-bond acceptors (Lipinski definition) is 3. The fourth-order valence-electron chi connectivity index (χ4n) is 5.34. The second-order valence-corrected chi connectivity index (χ2v) is 9.59. The molecule has 34 heavy (non-hydrogen) atoms. The van der Waals surface area contributed by atoms with Gasteiger partial charge in [-0.3, -0.25) is 0 Å². The molecule has 1 saturated carbocycles. The maximum absolute atomic E-state index is 15.0. The zero-order chi connectivity index (χ0) is 24.1. The van der Waals surface area contributed by atoms with Crippen molar-refractivity contribution < 1.29 is 13.9 Å². The van der Waals surface area contributed by atoms with Gasteiger partial charge in [0.25, 0.3) is 0 Å². The van der Waals surface area contributed by atoms with Crippen molar-refractivity contribution in [1.82, 2.24) is 5.32 Å². The van der Waals surface area contributed by atoms with Crippen LogP contribution in [0.2, 0.25) is 5.02 Å². The third-order valence-corrected chi connectivity index (χ3v) is 7.35. The molecule has 178 valence electrons. The largest absolute Gasteiger partial charge is 0.481 e. The van der Waals surface area contributed by atoms with Crippen molar-refractivity contribution in [3.05, 3.63) is 88.2 Å². The van der Waals surface area contributed by atoms with E-state index in [4.69, 9.17) is 21.1 Å². The van der Waals surface area contributed by atoms with Gasteiger partial charge >= 0.3 is 0 Å².